The number of hydrogen-bond donors (Lipinski definition) is 0. The molecule has 0 bridgehead atoms. The summed E-state index contributed by atoms with van der Waals surface area (Å²) in [5.74, 6) is 0.0522. The smallest absolute Gasteiger partial charge is 0.266 e. The van der Waals surface area contributed by atoms with Crippen molar-refractivity contribution in [1.82, 2.24) is 9.55 Å². The fourth-order valence-corrected chi connectivity index (χ4v) is 3.88. The highest BCUT2D eigenvalue weighted by Crippen LogP contribution is 2.25. The van der Waals surface area contributed by atoms with Gasteiger partial charge in [-0.2, -0.15) is 5.26 Å². The zero-order valence-corrected chi connectivity index (χ0v) is 15.5. The van der Waals surface area contributed by atoms with Crippen molar-refractivity contribution in [3.05, 3.63) is 100 Å². The van der Waals surface area contributed by atoms with Gasteiger partial charge in [-0.15, -0.1) is 0 Å². The van der Waals surface area contributed by atoms with E-state index in [4.69, 9.17) is 5.26 Å². The van der Waals surface area contributed by atoms with E-state index in [-0.39, 0.29) is 11.4 Å². The molecule has 0 saturated carbocycles. The van der Waals surface area contributed by atoms with Gasteiger partial charge in [-0.25, -0.2) is 9.37 Å². The highest BCUT2D eigenvalue weighted by Gasteiger charge is 2.14. The molecule has 0 unspecified atom stereocenters. The van der Waals surface area contributed by atoms with Crippen LogP contribution in [0.2, 0.25) is 0 Å². The van der Waals surface area contributed by atoms with Crippen LogP contribution in [0.25, 0.3) is 16.6 Å². The number of halogens is 1. The zero-order chi connectivity index (χ0) is 19.5. The normalized spacial score (nSPS) is 10.7. The first kappa shape index (κ1) is 18.0. The minimum absolute atomic E-state index is 0.202. The van der Waals surface area contributed by atoms with E-state index in [0.717, 1.165) is 0 Å². The fourth-order valence-electron chi connectivity index (χ4n) is 2.88. The predicted molar refractivity (Wildman–Crippen MR) is 108 cm³/mol. The summed E-state index contributed by atoms with van der Waals surface area (Å²) in [6.45, 7) is 0. The number of nitrogens with zero attached hydrogens (tertiary/aromatic N) is 3. The van der Waals surface area contributed by atoms with Gasteiger partial charge in [-0.3, -0.25) is 9.36 Å². The Morgan fingerprint density at radius 1 is 1.00 bits per heavy atom. The summed E-state index contributed by atoms with van der Waals surface area (Å²) in [6, 6.07) is 22.5. The number of hydrogen-bond acceptors (Lipinski definition) is 4. The molecule has 0 radical (unpaired) electrons. The number of rotatable bonds is 4. The van der Waals surface area contributed by atoms with E-state index in [1.54, 1.807) is 60.7 Å². The molecule has 0 aliphatic rings. The first-order chi connectivity index (χ1) is 13.7. The van der Waals surface area contributed by atoms with E-state index in [1.165, 1.54) is 22.4 Å². The number of nitriles is 1. The van der Waals surface area contributed by atoms with Gasteiger partial charge in [0.15, 0.2) is 5.16 Å². The zero-order valence-electron chi connectivity index (χ0n) is 14.7. The maximum atomic E-state index is 14.0. The van der Waals surface area contributed by atoms with Crippen molar-refractivity contribution >= 4 is 22.7 Å². The van der Waals surface area contributed by atoms with E-state index in [1.807, 2.05) is 6.07 Å². The molecule has 0 spiro atoms. The van der Waals surface area contributed by atoms with Crippen molar-refractivity contribution in [3.8, 4) is 11.8 Å². The number of aromatic nitrogens is 2. The third kappa shape index (κ3) is 3.40. The number of thioether (sulfide) groups is 1. The first-order valence-electron chi connectivity index (χ1n) is 8.56. The molecule has 1 heterocycles. The highest BCUT2D eigenvalue weighted by molar-refractivity contribution is 7.98. The summed E-state index contributed by atoms with van der Waals surface area (Å²) in [7, 11) is 0. The molecule has 0 atom stereocenters. The van der Waals surface area contributed by atoms with E-state index in [9.17, 15) is 9.18 Å². The summed E-state index contributed by atoms with van der Waals surface area (Å²) in [4.78, 5) is 17.8. The Hall–Kier alpha value is -3.43. The topological polar surface area (TPSA) is 58.7 Å². The summed E-state index contributed by atoms with van der Waals surface area (Å²) in [5, 5.41) is 9.99. The largest absolute Gasteiger partial charge is 0.268 e. The standard InChI is InChI=1S/C22H14FN3OS/c23-19-7-3-1-5-16(19)14-28-22-25-20-8-4-2-6-18(20)21(27)26(22)17-11-9-15(13-24)10-12-17/h1-12H,14H2. The average Bonchev–Trinajstić information content (AvgIpc) is 2.73. The van der Waals surface area contributed by atoms with Gasteiger partial charge in [0.05, 0.1) is 28.2 Å². The Morgan fingerprint density at radius 2 is 1.71 bits per heavy atom. The minimum Gasteiger partial charge on any atom is -0.268 e. The number of para-hydroxylation sites is 1. The lowest BCUT2D eigenvalue weighted by Crippen LogP contribution is -2.21. The Morgan fingerprint density at radius 3 is 2.46 bits per heavy atom. The van der Waals surface area contributed by atoms with E-state index >= 15 is 0 Å². The molecule has 0 amide bonds. The van der Waals surface area contributed by atoms with Gasteiger partial charge in [-0.1, -0.05) is 42.1 Å². The number of benzene rings is 3. The second-order valence-electron chi connectivity index (χ2n) is 6.09. The molecular formula is C22H14FN3OS. The van der Waals surface area contributed by atoms with Crippen molar-refractivity contribution in [2.24, 2.45) is 0 Å². The van der Waals surface area contributed by atoms with Crippen LogP contribution in [0.3, 0.4) is 0 Å². The van der Waals surface area contributed by atoms with Gasteiger partial charge in [-0.05, 0) is 48.0 Å². The quantitative estimate of drug-likeness (QED) is 0.377. The molecule has 4 rings (SSSR count). The monoisotopic (exact) mass is 387 g/mol. The molecule has 1 aromatic heterocycles. The van der Waals surface area contributed by atoms with Crippen LogP contribution in [0, 0.1) is 17.1 Å². The molecule has 3 aromatic carbocycles. The molecule has 0 fully saturated rings. The highest BCUT2D eigenvalue weighted by atomic mass is 32.2. The molecule has 4 aromatic rings. The number of fused-ring (bicyclic) bond motifs is 1. The Bertz CT molecular complexity index is 1260. The van der Waals surface area contributed by atoms with Crippen molar-refractivity contribution in [1.29, 1.82) is 5.26 Å². The second kappa shape index (κ2) is 7.67. The van der Waals surface area contributed by atoms with Gasteiger partial charge < -0.3 is 0 Å². The summed E-state index contributed by atoms with van der Waals surface area (Å²) >= 11 is 1.29. The lowest BCUT2D eigenvalue weighted by atomic mass is 10.2. The van der Waals surface area contributed by atoms with Crippen LogP contribution in [0.15, 0.2) is 82.7 Å². The maximum absolute atomic E-state index is 14.0. The van der Waals surface area contributed by atoms with Gasteiger partial charge in [0.2, 0.25) is 0 Å². The van der Waals surface area contributed by atoms with E-state index < -0.39 is 0 Å². The van der Waals surface area contributed by atoms with Gasteiger partial charge in [0.1, 0.15) is 5.82 Å². The SMILES string of the molecule is N#Cc1ccc(-n2c(SCc3ccccc3F)nc3ccccc3c2=O)cc1. The summed E-state index contributed by atoms with van der Waals surface area (Å²) in [5.41, 5.74) is 2.05. The lowest BCUT2D eigenvalue weighted by Gasteiger charge is -2.13. The minimum atomic E-state index is -0.289. The van der Waals surface area contributed by atoms with Crippen LogP contribution in [0.1, 0.15) is 11.1 Å². The molecule has 6 heteroatoms. The molecule has 0 N–H and O–H groups in total. The third-order valence-corrected chi connectivity index (χ3v) is 5.30. The van der Waals surface area contributed by atoms with Gasteiger partial charge in [0, 0.05) is 5.75 Å². The Kier molecular flexibility index (Phi) is 4.92. The second-order valence-corrected chi connectivity index (χ2v) is 7.03. The van der Waals surface area contributed by atoms with Crippen molar-refractivity contribution in [2.45, 2.75) is 10.9 Å². The average molecular weight is 387 g/mol. The molecule has 28 heavy (non-hydrogen) atoms. The Balaban J connectivity index is 1.84. The third-order valence-electron chi connectivity index (χ3n) is 4.31. The maximum Gasteiger partial charge on any atom is 0.266 e. The fraction of sp³-hybridized carbons (Fsp3) is 0.0455. The van der Waals surface area contributed by atoms with E-state index in [0.29, 0.717) is 38.6 Å². The van der Waals surface area contributed by atoms with Crippen LogP contribution < -0.4 is 5.56 Å². The van der Waals surface area contributed by atoms with Gasteiger partial charge in [0.25, 0.3) is 5.56 Å². The van der Waals surface area contributed by atoms with Crippen molar-refractivity contribution in [2.75, 3.05) is 0 Å². The summed E-state index contributed by atoms with van der Waals surface area (Å²) in [6.07, 6.45) is 0. The van der Waals surface area contributed by atoms with E-state index in [2.05, 4.69) is 11.1 Å². The van der Waals surface area contributed by atoms with Crippen LogP contribution in [0.4, 0.5) is 4.39 Å². The molecule has 0 saturated heterocycles. The summed E-state index contributed by atoms with van der Waals surface area (Å²) < 4.78 is 15.5. The Labute approximate surface area is 164 Å². The first-order valence-corrected chi connectivity index (χ1v) is 9.54. The molecule has 4 nitrogen and oxygen atoms in total. The van der Waals surface area contributed by atoms with Crippen LogP contribution >= 0.6 is 11.8 Å². The predicted octanol–water partition coefficient (Wildman–Crippen LogP) is 4.69. The molecule has 0 aliphatic heterocycles. The van der Waals surface area contributed by atoms with Crippen LogP contribution in [-0.4, -0.2) is 9.55 Å². The molecular weight excluding hydrogens is 373 g/mol. The molecule has 136 valence electrons. The lowest BCUT2D eigenvalue weighted by molar-refractivity contribution is 0.617. The molecule has 0 aliphatic carbocycles. The van der Waals surface area contributed by atoms with Crippen molar-refractivity contribution in [3.63, 3.8) is 0 Å². The van der Waals surface area contributed by atoms with Gasteiger partial charge >= 0.3 is 0 Å². The van der Waals surface area contributed by atoms with Crippen molar-refractivity contribution < 1.29 is 4.39 Å². The van der Waals surface area contributed by atoms with Crippen LogP contribution in [0.5, 0.6) is 0 Å². The van der Waals surface area contributed by atoms with Crippen LogP contribution in [-0.2, 0) is 5.75 Å².